The Morgan fingerprint density at radius 2 is 1.85 bits per heavy atom. The minimum atomic E-state index is -1.12. The summed E-state index contributed by atoms with van der Waals surface area (Å²) < 4.78 is 46.1. The highest BCUT2D eigenvalue weighted by Gasteiger charge is 2.35. The first-order valence-corrected chi connectivity index (χ1v) is 14.6. The van der Waals surface area contributed by atoms with E-state index < -0.39 is 57.9 Å². The highest BCUT2D eigenvalue weighted by molar-refractivity contribution is 6.08. The summed E-state index contributed by atoms with van der Waals surface area (Å²) in [6, 6.07) is 5.64. The number of carbonyl (C=O) groups excluding carboxylic acids is 2. The van der Waals surface area contributed by atoms with Crippen molar-refractivity contribution in [3.8, 4) is 22.7 Å². The molecule has 1 aliphatic rings. The van der Waals surface area contributed by atoms with Gasteiger partial charge in [-0.2, -0.15) is 0 Å². The molecular weight excluding hydrogens is 601 g/mol. The van der Waals surface area contributed by atoms with E-state index in [9.17, 15) is 23.9 Å². The molecule has 1 saturated heterocycles. The summed E-state index contributed by atoms with van der Waals surface area (Å²) in [5.41, 5.74) is -0.840. The van der Waals surface area contributed by atoms with Crippen molar-refractivity contribution in [2.45, 2.75) is 39.7 Å². The van der Waals surface area contributed by atoms with Crippen molar-refractivity contribution in [1.82, 2.24) is 24.8 Å². The summed E-state index contributed by atoms with van der Waals surface area (Å²) >= 11 is 0. The number of aryl methyl sites for hydroxylation is 1. The number of nitrogens with zero attached hydrogens (tertiary/aromatic N) is 5. The topological polar surface area (TPSA) is 121 Å². The number of phenolic OH excluding ortho intramolecular Hbond substituents is 1. The first-order valence-electron chi connectivity index (χ1n) is 14.6. The fraction of sp³-hybridized carbons (Fsp3) is 0.303. The number of pyridine rings is 3. The number of halogens is 3. The normalized spacial score (nSPS) is 15.0. The second-order valence-electron chi connectivity index (χ2n) is 11.5. The third-order valence-corrected chi connectivity index (χ3v) is 8.12. The highest BCUT2D eigenvalue weighted by Crippen LogP contribution is 2.39. The Labute approximate surface area is 262 Å². The van der Waals surface area contributed by atoms with Crippen molar-refractivity contribution in [3.05, 3.63) is 87.7 Å². The van der Waals surface area contributed by atoms with Crippen molar-refractivity contribution in [2.75, 3.05) is 31.6 Å². The Bertz CT molecular complexity index is 1960. The van der Waals surface area contributed by atoms with Crippen LogP contribution in [0.3, 0.4) is 0 Å². The molecule has 1 atom stereocenters. The van der Waals surface area contributed by atoms with Gasteiger partial charge in [-0.1, -0.05) is 26.5 Å². The van der Waals surface area contributed by atoms with Gasteiger partial charge in [-0.25, -0.2) is 18.2 Å². The number of anilines is 1. The Morgan fingerprint density at radius 1 is 1.13 bits per heavy atom. The number of amides is 2. The number of rotatable bonds is 6. The number of phenols is 1. The summed E-state index contributed by atoms with van der Waals surface area (Å²) in [6.07, 6.45) is 1.58. The van der Waals surface area contributed by atoms with Gasteiger partial charge in [0.25, 0.3) is 17.4 Å². The lowest BCUT2D eigenvalue weighted by Crippen LogP contribution is -2.54. The second kappa shape index (κ2) is 12.3. The molecule has 3 aromatic heterocycles. The van der Waals surface area contributed by atoms with E-state index in [0.717, 1.165) is 12.1 Å². The molecule has 0 bridgehead atoms. The van der Waals surface area contributed by atoms with Crippen molar-refractivity contribution >= 4 is 28.5 Å². The van der Waals surface area contributed by atoms with Gasteiger partial charge >= 0.3 is 0 Å². The van der Waals surface area contributed by atoms with Gasteiger partial charge in [0.15, 0.2) is 17.3 Å². The van der Waals surface area contributed by atoms with Crippen LogP contribution in [0.2, 0.25) is 0 Å². The minimum absolute atomic E-state index is 0.00976. The maximum absolute atomic E-state index is 16.1. The van der Waals surface area contributed by atoms with Crippen molar-refractivity contribution in [3.63, 3.8) is 0 Å². The Balaban J connectivity index is 1.94. The third-order valence-electron chi connectivity index (χ3n) is 8.12. The van der Waals surface area contributed by atoms with Gasteiger partial charge in [-0.05, 0) is 49.6 Å². The Hall–Kier alpha value is -5.20. The summed E-state index contributed by atoms with van der Waals surface area (Å²) in [6.45, 7) is 10.4. The number of hydrogen-bond donors (Lipinski definition) is 2. The van der Waals surface area contributed by atoms with Gasteiger partial charge in [-0.3, -0.25) is 23.9 Å². The molecule has 4 heterocycles. The number of piperazine rings is 1. The van der Waals surface area contributed by atoms with Crippen molar-refractivity contribution in [2.24, 2.45) is 0 Å². The standard InChI is InChI=1S/C33H33F3N6O4/c1-16(2)26-28(17(3)10-11-38-26)42-30-20(14-22(36)27(39-30)24-21(35)8-7-9-23(24)43)29(25(33(42)46)31(44)37-6)41-13-12-40(15-18(41)4)32(45)19(5)34/h7-11,14,16,18,43H,5,12-13,15H2,1-4,6H3,(H,37,44)/t18-/m0/s1. The molecule has 4 aromatic rings. The number of carbonyl (C=O) groups is 2. The second-order valence-corrected chi connectivity index (χ2v) is 11.5. The average Bonchev–Trinajstić information content (AvgIpc) is 3.00. The zero-order valence-corrected chi connectivity index (χ0v) is 26.0. The lowest BCUT2D eigenvalue weighted by molar-refractivity contribution is -0.129. The fourth-order valence-electron chi connectivity index (χ4n) is 5.96. The number of fused-ring (bicyclic) bond motifs is 1. The van der Waals surface area contributed by atoms with Crippen molar-refractivity contribution in [1.29, 1.82) is 0 Å². The molecule has 10 nitrogen and oxygen atoms in total. The number of nitrogens with one attached hydrogen (secondary N) is 1. The summed E-state index contributed by atoms with van der Waals surface area (Å²) in [4.78, 5) is 52.5. The molecule has 2 amide bonds. The summed E-state index contributed by atoms with van der Waals surface area (Å²) in [5, 5.41) is 13.1. The Kier molecular flexibility index (Phi) is 8.61. The minimum Gasteiger partial charge on any atom is -0.507 e. The highest BCUT2D eigenvalue weighted by atomic mass is 19.1. The fourth-order valence-corrected chi connectivity index (χ4v) is 5.96. The van der Waals surface area contributed by atoms with Crippen molar-refractivity contribution < 1.29 is 27.9 Å². The SMILES string of the molecule is C=C(F)C(=O)N1CCN(c2c(C(=O)NC)c(=O)n(-c3c(C)ccnc3C(C)C)c3nc(-c4c(O)cccc4F)c(F)cc23)[C@@H](C)C1. The average molecular weight is 635 g/mol. The van der Waals surface area contributed by atoms with Crippen LogP contribution in [-0.4, -0.2) is 69.1 Å². The number of aromatic nitrogens is 3. The molecule has 0 unspecified atom stereocenters. The van der Waals surface area contributed by atoms with Crippen LogP contribution in [0.15, 0.2) is 53.7 Å². The van der Waals surface area contributed by atoms with E-state index in [1.807, 2.05) is 13.8 Å². The molecule has 0 aliphatic carbocycles. The van der Waals surface area contributed by atoms with E-state index in [2.05, 4.69) is 21.9 Å². The first kappa shape index (κ1) is 32.2. The zero-order chi connectivity index (χ0) is 33.6. The largest absolute Gasteiger partial charge is 0.507 e. The first-order chi connectivity index (χ1) is 21.8. The van der Waals surface area contributed by atoms with Gasteiger partial charge < -0.3 is 20.2 Å². The molecule has 13 heteroatoms. The van der Waals surface area contributed by atoms with E-state index in [1.165, 1.54) is 28.6 Å². The number of hydrogen-bond acceptors (Lipinski definition) is 7. The molecule has 1 aromatic carbocycles. The maximum Gasteiger partial charge on any atom is 0.282 e. The molecule has 1 fully saturated rings. The van der Waals surface area contributed by atoms with E-state index >= 15 is 8.78 Å². The van der Waals surface area contributed by atoms with Gasteiger partial charge in [0.1, 0.15) is 22.8 Å². The lowest BCUT2D eigenvalue weighted by Gasteiger charge is -2.42. The zero-order valence-electron chi connectivity index (χ0n) is 26.0. The molecule has 46 heavy (non-hydrogen) atoms. The number of benzene rings is 1. The van der Waals surface area contributed by atoms with Crippen LogP contribution in [0.4, 0.5) is 18.9 Å². The monoisotopic (exact) mass is 634 g/mol. The molecule has 240 valence electrons. The number of aromatic hydroxyl groups is 1. The van der Waals surface area contributed by atoms with E-state index in [0.29, 0.717) is 16.9 Å². The smallest absolute Gasteiger partial charge is 0.282 e. The molecule has 5 rings (SSSR count). The van der Waals surface area contributed by atoms with Gasteiger partial charge in [-0.15, -0.1) is 0 Å². The Morgan fingerprint density at radius 3 is 2.46 bits per heavy atom. The van der Waals surface area contributed by atoms with Crippen LogP contribution in [-0.2, 0) is 4.79 Å². The van der Waals surface area contributed by atoms with Crippen LogP contribution in [0.5, 0.6) is 5.75 Å². The summed E-state index contributed by atoms with van der Waals surface area (Å²) in [7, 11) is 1.35. The van der Waals surface area contributed by atoms with Crippen LogP contribution in [0.25, 0.3) is 28.0 Å². The molecule has 0 saturated carbocycles. The van der Waals surface area contributed by atoms with Crippen LogP contribution >= 0.6 is 0 Å². The van der Waals surface area contributed by atoms with Gasteiger partial charge in [0.05, 0.1) is 22.6 Å². The molecule has 2 N–H and O–H groups in total. The molecule has 0 radical (unpaired) electrons. The predicted molar refractivity (Wildman–Crippen MR) is 168 cm³/mol. The van der Waals surface area contributed by atoms with E-state index in [-0.39, 0.29) is 47.8 Å². The van der Waals surface area contributed by atoms with E-state index in [4.69, 9.17) is 0 Å². The lowest BCUT2D eigenvalue weighted by atomic mass is 10.0. The van der Waals surface area contributed by atoms with Gasteiger partial charge in [0, 0.05) is 44.3 Å². The van der Waals surface area contributed by atoms with Crippen LogP contribution < -0.4 is 15.8 Å². The summed E-state index contributed by atoms with van der Waals surface area (Å²) in [5.74, 6) is -5.49. The maximum atomic E-state index is 16.1. The van der Waals surface area contributed by atoms with Crippen LogP contribution in [0, 0.1) is 18.6 Å². The third kappa shape index (κ3) is 5.35. The van der Waals surface area contributed by atoms with Crippen LogP contribution in [0.1, 0.15) is 48.3 Å². The predicted octanol–water partition coefficient (Wildman–Crippen LogP) is 4.74. The molecule has 0 spiro atoms. The molecular formula is C33H33F3N6O4. The van der Waals surface area contributed by atoms with E-state index in [1.54, 1.807) is 31.0 Å². The van der Waals surface area contributed by atoms with Gasteiger partial charge in [0.2, 0.25) is 0 Å². The quantitative estimate of drug-likeness (QED) is 0.294. The molecule has 1 aliphatic heterocycles.